The third kappa shape index (κ3) is 3.53. The third-order valence-electron chi connectivity index (χ3n) is 4.53. The first-order valence-electron chi connectivity index (χ1n) is 8.26. The van der Waals surface area contributed by atoms with Crippen LogP contribution in [0.3, 0.4) is 0 Å². The molecule has 1 fully saturated rings. The molecule has 22 heavy (non-hydrogen) atoms. The molecule has 1 saturated heterocycles. The number of aromatic nitrogens is 1. The van der Waals surface area contributed by atoms with Gasteiger partial charge in [0.05, 0.1) is 12.2 Å². The van der Waals surface area contributed by atoms with E-state index in [1.54, 1.807) is 22.7 Å². The van der Waals surface area contributed by atoms with E-state index in [0.717, 1.165) is 43.5 Å². The monoisotopic (exact) mass is 343 g/mol. The highest BCUT2D eigenvalue weighted by Crippen LogP contribution is 2.28. The molecule has 1 aromatic rings. The molecule has 1 aliphatic heterocycles. The Hall–Kier alpha value is -0.500. The lowest BCUT2D eigenvalue weighted by Crippen LogP contribution is -2.42. The molecule has 7 heteroatoms. The van der Waals surface area contributed by atoms with E-state index in [2.05, 4.69) is 4.98 Å². The van der Waals surface area contributed by atoms with Gasteiger partial charge in [0, 0.05) is 25.0 Å². The van der Waals surface area contributed by atoms with Gasteiger partial charge in [-0.05, 0) is 38.5 Å². The second-order valence-corrected chi connectivity index (χ2v) is 9.47. The molecule has 124 valence electrons. The van der Waals surface area contributed by atoms with Gasteiger partial charge in [0.25, 0.3) is 10.2 Å². The number of hydrogen-bond acceptors (Lipinski definition) is 4. The molecule has 0 unspecified atom stereocenters. The van der Waals surface area contributed by atoms with Crippen molar-refractivity contribution in [3.63, 3.8) is 0 Å². The van der Waals surface area contributed by atoms with Crippen molar-refractivity contribution in [3.05, 3.63) is 15.6 Å². The minimum absolute atomic E-state index is 0.399. The fourth-order valence-electron chi connectivity index (χ4n) is 3.21. The summed E-state index contributed by atoms with van der Waals surface area (Å²) >= 11 is 1.69. The van der Waals surface area contributed by atoms with Gasteiger partial charge in [-0.25, -0.2) is 4.98 Å². The molecule has 1 aliphatic carbocycles. The predicted octanol–water partition coefficient (Wildman–Crippen LogP) is 2.57. The molecule has 0 radical (unpaired) electrons. The zero-order valence-corrected chi connectivity index (χ0v) is 14.9. The zero-order valence-electron chi connectivity index (χ0n) is 13.3. The lowest BCUT2D eigenvalue weighted by molar-refractivity contribution is 0.362. The number of rotatable bonds is 4. The number of nitrogens with zero attached hydrogens (tertiary/aromatic N) is 3. The molecule has 3 rings (SSSR count). The van der Waals surface area contributed by atoms with Crippen LogP contribution in [-0.2, 0) is 29.6 Å². The summed E-state index contributed by atoms with van der Waals surface area (Å²) < 4.78 is 28.6. The van der Waals surface area contributed by atoms with Crippen molar-refractivity contribution in [1.82, 2.24) is 13.6 Å². The van der Waals surface area contributed by atoms with Gasteiger partial charge in [-0.15, -0.1) is 11.3 Å². The molecule has 0 N–H and O–H groups in total. The summed E-state index contributed by atoms with van der Waals surface area (Å²) in [6, 6.07) is 0. The molecule has 0 atom stereocenters. The Labute approximate surface area is 137 Å². The Balaban J connectivity index is 1.69. The van der Waals surface area contributed by atoms with Crippen LogP contribution in [0, 0.1) is 0 Å². The Kier molecular flexibility index (Phi) is 5.17. The smallest absolute Gasteiger partial charge is 0.245 e. The molecular formula is C15H25N3O2S2. The lowest BCUT2D eigenvalue weighted by atomic mass is 10.0. The summed E-state index contributed by atoms with van der Waals surface area (Å²) in [6.07, 6.45) is 8.81. The summed E-state index contributed by atoms with van der Waals surface area (Å²) in [5, 5.41) is 0.938. The molecule has 0 spiro atoms. The van der Waals surface area contributed by atoms with Gasteiger partial charge < -0.3 is 0 Å². The van der Waals surface area contributed by atoms with Crippen LogP contribution < -0.4 is 0 Å². The maximum Gasteiger partial charge on any atom is 0.282 e. The molecule has 0 amide bonds. The third-order valence-corrected chi connectivity index (χ3v) is 7.61. The quantitative estimate of drug-likeness (QED) is 0.844. The van der Waals surface area contributed by atoms with Gasteiger partial charge in [0.15, 0.2) is 0 Å². The van der Waals surface area contributed by atoms with Gasteiger partial charge in [-0.3, -0.25) is 0 Å². The lowest BCUT2D eigenvalue weighted by Gasteiger charge is -2.25. The first-order valence-corrected chi connectivity index (χ1v) is 10.5. The second kappa shape index (κ2) is 6.95. The van der Waals surface area contributed by atoms with Crippen molar-refractivity contribution in [2.24, 2.45) is 0 Å². The van der Waals surface area contributed by atoms with E-state index in [4.69, 9.17) is 0 Å². The summed E-state index contributed by atoms with van der Waals surface area (Å²) in [7, 11) is -1.67. The van der Waals surface area contributed by atoms with Crippen molar-refractivity contribution >= 4 is 21.5 Å². The van der Waals surface area contributed by atoms with E-state index in [-0.39, 0.29) is 0 Å². The molecular weight excluding hydrogens is 318 g/mol. The number of thiazole rings is 1. The Morgan fingerprint density at radius 3 is 2.45 bits per heavy atom. The summed E-state index contributed by atoms with van der Waals surface area (Å²) in [4.78, 5) is 6.02. The summed E-state index contributed by atoms with van der Waals surface area (Å²) in [5.41, 5.74) is 1.20. The van der Waals surface area contributed by atoms with Crippen LogP contribution in [0.15, 0.2) is 0 Å². The number of aryl methyl sites for hydroxylation is 2. The highest BCUT2D eigenvalue weighted by molar-refractivity contribution is 7.86. The maximum atomic E-state index is 12.7. The maximum absolute atomic E-state index is 12.7. The van der Waals surface area contributed by atoms with E-state index in [1.807, 2.05) is 0 Å². The van der Waals surface area contributed by atoms with Crippen molar-refractivity contribution in [2.45, 2.75) is 57.9 Å². The number of fused-ring (bicyclic) bond motifs is 1. The first kappa shape index (κ1) is 16.4. The molecule has 2 heterocycles. The minimum Gasteiger partial charge on any atom is -0.245 e. The fraction of sp³-hybridized carbons (Fsp3) is 0.800. The molecule has 1 aromatic heterocycles. The average molecular weight is 344 g/mol. The Bertz CT molecular complexity index is 581. The second-order valence-electron chi connectivity index (χ2n) is 6.26. The van der Waals surface area contributed by atoms with Crippen LogP contribution >= 0.6 is 11.3 Å². The Morgan fingerprint density at radius 2 is 1.77 bits per heavy atom. The van der Waals surface area contributed by atoms with Crippen molar-refractivity contribution in [1.29, 1.82) is 0 Å². The average Bonchev–Trinajstić information content (AvgIpc) is 2.71. The predicted molar refractivity (Wildman–Crippen MR) is 89.2 cm³/mol. The van der Waals surface area contributed by atoms with Gasteiger partial charge >= 0.3 is 0 Å². The van der Waals surface area contributed by atoms with Crippen molar-refractivity contribution < 1.29 is 8.42 Å². The van der Waals surface area contributed by atoms with Gasteiger partial charge in [-0.2, -0.15) is 17.0 Å². The van der Waals surface area contributed by atoms with Gasteiger partial charge in [0.2, 0.25) is 0 Å². The largest absolute Gasteiger partial charge is 0.282 e. The van der Waals surface area contributed by atoms with E-state index in [9.17, 15) is 8.42 Å². The topological polar surface area (TPSA) is 53.5 Å². The van der Waals surface area contributed by atoms with E-state index in [0.29, 0.717) is 19.6 Å². The molecule has 2 aliphatic rings. The normalized spacial score (nSPS) is 20.8. The fourth-order valence-corrected chi connectivity index (χ4v) is 5.91. The summed E-state index contributed by atoms with van der Waals surface area (Å²) in [6.45, 7) is 1.71. The Morgan fingerprint density at radius 1 is 1.09 bits per heavy atom. The first-order chi connectivity index (χ1) is 10.6. The van der Waals surface area contributed by atoms with Crippen LogP contribution in [0.1, 0.15) is 54.1 Å². The van der Waals surface area contributed by atoms with Crippen LogP contribution in [-0.4, -0.2) is 42.1 Å². The van der Waals surface area contributed by atoms with Gasteiger partial charge in [-0.1, -0.05) is 12.8 Å². The zero-order chi connectivity index (χ0) is 15.6. The van der Waals surface area contributed by atoms with Gasteiger partial charge in [0.1, 0.15) is 5.01 Å². The number of hydrogen-bond donors (Lipinski definition) is 0. The van der Waals surface area contributed by atoms with E-state index < -0.39 is 10.2 Å². The van der Waals surface area contributed by atoms with E-state index in [1.165, 1.54) is 27.7 Å². The van der Waals surface area contributed by atoms with Crippen LogP contribution in [0.25, 0.3) is 0 Å². The van der Waals surface area contributed by atoms with Crippen LogP contribution in [0.5, 0.6) is 0 Å². The SMILES string of the molecule is CN(Cc1nc2c(s1)CCCC2)S(=O)(=O)N1CCCCCC1. The highest BCUT2D eigenvalue weighted by Gasteiger charge is 2.28. The molecule has 0 bridgehead atoms. The highest BCUT2D eigenvalue weighted by atomic mass is 32.2. The van der Waals surface area contributed by atoms with Crippen LogP contribution in [0.2, 0.25) is 0 Å². The van der Waals surface area contributed by atoms with Crippen molar-refractivity contribution in [2.75, 3.05) is 20.1 Å². The molecule has 5 nitrogen and oxygen atoms in total. The van der Waals surface area contributed by atoms with E-state index >= 15 is 0 Å². The van der Waals surface area contributed by atoms with Crippen LogP contribution in [0.4, 0.5) is 0 Å². The van der Waals surface area contributed by atoms with Crippen molar-refractivity contribution in [3.8, 4) is 0 Å². The standard InChI is InChI=1S/C15H25N3O2S2/c1-17(22(19,20)18-10-6-2-3-7-11-18)12-15-16-13-8-4-5-9-14(13)21-15/h2-12H2,1H3. The molecule has 0 aromatic carbocycles. The minimum atomic E-state index is -3.35. The molecule has 0 saturated carbocycles. The summed E-state index contributed by atoms with van der Waals surface area (Å²) in [5.74, 6) is 0.